The van der Waals surface area contributed by atoms with E-state index < -0.39 is 5.97 Å². The maximum atomic E-state index is 12.5. The summed E-state index contributed by atoms with van der Waals surface area (Å²) in [5.41, 5.74) is 2.49. The third-order valence-electron chi connectivity index (χ3n) is 3.64. The van der Waals surface area contributed by atoms with Gasteiger partial charge in [-0.15, -0.1) is 0 Å². The van der Waals surface area contributed by atoms with Gasteiger partial charge in [-0.05, 0) is 32.6 Å². The van der Waals surface area contributed by atoms with E-state index in [2.05, 4.69) is 5.10 Å². The van der Waals surface area contributed by atoms with E-state index in [1.165, 1.54) is 4.57 Å². The molecule has 106 valence electrons. The van der Waals surface area contributed by atoms with Crippen LogP contribution in [0, 0.1) is 0 Å². The molecular formula is C14H17N3O3. The number of carbonyl (C=O) groups is 1. The summed E-state index contributed by atoms with van der Waals surface area (Å²) in [6.45, 7) is 2.01. The van der Waals surface area contributed by atoms with Gasteiger partial charge in [0.25, 0.3) is 5.56 Å². The van der Waals surface area contributed by atoms with Crippen LogP contribution >= 0.6 is 0 Å². The zero-order valence-electron chi connectivity index (χ0n) is 11.5. The van der Waals surface area contributed by atoms with Gasteiger partial charge in [0.15, 0.2) is 0 Å². The Labute approximate surface area is 116 Å². The van der Waals surface area contributed by atoms with Gasteiger partial charge in [-0.1, -0.05) is 0 Å². The fourth-order valence-corrected chi connectivity index (χ4v) is 2.73. The van der Waals surface area contributed by atoms with Crippen LogP contribution in [0.3, 0.4) is 0 Å². The second-order valence-corrected chi connectivity index (χ2v) is 4.96. The second-order valence-electron chi connectivity index (χ2n) is 4.96. The minimum Gasteiger partial charge on any atom is -0.465 e. The molecule has 1 aliphatic carbocycles. The summed E-state index contributed by atoms with van der Waals surface area (Å²) in [5, 5.41) is 4.46. The Hall–Kier alpha value is -2.11. The molecule has 0 saturated carbocycles. The molecule has 0 fully saturated rings. The monoisotopic (exact) mass is 275 g/mol. The Balaban J connectivity index is 2.06. The van der Waals surface area contributed by atoms with Gasteiger partial charge in [0, 0.05) is 18.0 Å². The van der Waals surface area contributed by atoms with Crippen molar-refractivity contribution in [2.75, 3.05) is 6.61 Å². The quantitative estimate of drug-likeness (QED) is 0.782. The Bertz CT molecular complexity index is 714. The lowest BCUT2D eigenvalue weighted by molar-refractivity contribution is -0.143. The molecule has 0 amide bonds. The van der Waals surface area contributed by atoms with E-state index in [1.54, 1.807) is 23.8 Å². The molecule has 0 bridgehead atoms. The Morgan fingerprint density at radius 2 is 2.15 bits per heavy atom. The number of hydrogen-bond donors (Lipinski definition) is 0. The molecule has 6 nitrogen and oxygen atoms in total. The van der Waals surface area contributed by atoms with Gasteiger partial charge in [0.1, 0.15) is 12.1 Å². The number of ether oxygens (including phenoxy) is 1. The van der Waals surface area contributed by atoms with Gasteiger partial charge in [-0.3, -0.25) is 9.59 Å². The average Bonchev–Trinajstić information content (AvgIpc) is 2.81. The van der Waals surface area contributed by atoms with E-state index in [9.17, 15) is 9.59 Å². The molecular weight excluding hydrogens is 258 g/mol. The molecule has 0 unspecified atom stereocenters. The van der Waals surface area contributed by atoms with Crippen molar-refractivity contribution in [3.63, 3.8) is 0 Å². The Morgan fingerprint density at radius 1 is 1.35 bits per heavy atom. The third-order valence-corrected chi connectivity index (χ3v) is 3.64. The zero-order valence-corrected chi connectivity index (χ0v) is 11.5. The molecule has 0 atom stereocenters. The summed E-state index contributed by atoms with van der Waals surface area (Å²) in [4.78, 5) is 24.0. The van der Waals surface area contributed by atoms with Crippen molar-refractivity contribution >= 4 is 11.5 Å². The number of nitrogens with zero attached hydrogens (tertiary/aromatic N) is 3. The van der Waals surface area contributed by atoms with Crippen molar-refractivity contribution in [2.45, 2.75) is 39.2 Å². The molecule has 0 spiro atoms. The van der Waals surface area contributed by atoms with Gasteiger partial charge >= 0.3 is 5.97 Å². The first-order chi connectivity index (χ1) is 9.70. The van der Waals surface area contributed by atoms with Crippen LogP contribution in [0.5, 0.6) is 0 Å². The largest absolute Gasteiger partial charge is 0.465 e. The lowest BCUT2D eigenvalue weighted by atomic mass is 9.97. The summed E-state index contributed by atoms with van der Waals surface area (Å²) >= 11 is 0. The van der Waals surface area contributed by atoms with Crippen LogP contribution < -0.4 is 5.56 Å². The first kappa shape index (κ1) is 12.9. The van der Waals surface area contributed by atoms with E-state index in [-0.39, 0.29) is 12.1 Å². The molecule has 2 aromatic rings. The van der Waals surface area contributed by atoms with Crippen molar-refractivity contribution in [1.29, 1.82) is 0 Å². The van der Waals surface area contributed by atoms with Crippen LogP contribution in [0.25, 0.3) is 5.52 Å². The van der Waals surface area contributed by atoms with Gasteiger partial charge in [0.2, 0.25) is 0 Å². The standard InChI is InChI=1S/C14H17N3O3/c1-2-20-12(18)9-16-7-8-17-13(14(16)19)10-5-3-4-6-11(10)15-17/h7-8H,2-6,9H2,1H3. The summed E-state index contributed by atoms with van der Waals surface area (Å²) < 4.78 is 7.92. The average molecular weight is 275 g/mol. The lowest BCUT2D eigenvalue weighted by Crippen LogP contribution is -2.26. The third kappa shape index (κ3) is 2.11. The number of aromatic nitrogens is 3. The van der Waals surface area contributed by atoms with Crippen LogP contribution in [0.4, 0.5) is 0 Å². The number of fused-ring (bicyclic) bond motifs is 3. The fourth-order valence-electron chi connectivity index (χ4n) is 2.73. The number of carbonyl (C=O) groups excluding carboxylic acids is 1. The summed E-state index contributed by atoms with van der Waals surface area (Å²) in [5.74, 6) is -0.396. The summed E-state index contributed by atoms with van der Waals surface area (Å²) in [7, 11) is 0. The maximum absolute atomic E-state index is 12.5. The maximum Gasteiger partial charge on any atom is 0.326 e. The smallest absolute Gasteiger partial charge is 0.326 e. The first-order valence-electron chi connectivity index (χ1n) is 6.96. The minimum absolute atomic E-state index is 0.0525. The predicted octanol–water partition coefficient (Wildman–Crippen LogP) is 0.938. The molecule has 1 aliphatic rings. The molecule has 0 radical (unpaired) electrons. The molecule has 6 heteroatoms. The first-order valence-corrected chi connectivity index (χ1v) is 6.96. The van der Waals surface area contributed by atoms with Gasteiger partial charge in [-0.25, -0.2) is 4.52 Å². The molecule has 3 rings (SSSR count). The van der Waals surface area contributed by atoms with Crippen molar-refractivity contribution in [2.24, 2.45) is 0 Å². The van der Waals surface area contributed by atoms with Crippen molar-refractivity contribution in [3.8, 4) is 0 Å². The second kappa shape index (κ2) is 5.11. The van der Waals surface area contributed by atoms with E-state index in [4.69, 9.17) is 4.74 Å². The van der Waals surface area contributed by atoms with Crippen LogP contribution in [-0.4, -0.2) is 26.8 Å². The molecule has 0 saturated heterocycles. The lowest BCUT2D eigenvalue weighted by Gasteiger charge is -2.09. The highest BCUT2D eigenvalue weighted by Crippen LogP contribution is 2.22. The number of rotatable bonds is 3. The predicted molar refractivity (Wildman–Crippen MR) is 72.7 cm³/mol. The normalized spacial score (nSPS) is 14.2. The highest BCUT2D eigenvalue weighted by molar-refractivity contribution is 5.69. The topological polar surface area (TPSA) is 65.6 Å². The number of aryl methyl sites for hydroxylation is 2. The van der Waals surface area contributed by atoms with E-state index in [0.717, 1.165) is 36.9 Å². The van der Waals surface area contributed by atoms with E-state index in [0.29, 0.717) is 12.1 Å². The molecule has 2 aromatic heterocycles. The minimum atomic E-state index is -0.396. The zero-order chi connectivity index (χ0) is 14.1. The van der Waals surface area contributed by atoms with Crippen molar-refractivity contribution in [3.05, 3.63) is 34.0 Å². The SMILES string of the molecule is CCOC(=O)Cn1ccn2nc3c(c2c1=O)CCCC3. The van der Waals surface area contributed by atoms with Gasteiger partial charge in [-0.2, -0.15) is 5.10 Å². The molecule has 0 N–H and O–H groups in total. The van der Waals surface area contributed by atoms with Gasteiger partial charge < -0.3 is 9.30 Å². The van der Waals surface area contributed by atoms with Crippen LogP contribution in [0.15, 0.2) is 17.2 Å². The number of esters is 1. The Kier molecular flexibility index (Phi) is 3.30. The van der Waals surface area contributed by atoms with Crippen molar-refractivity contribution in [1.82, 2.24) is 14.2 Å². The Morgan fingerprint density at radius 3 is 2.95 bits per heavy atom. The van der Waals surface area contributed by atoms with Crippen molar-refractivity contribution < 1.29 is 9.53 Å². The summed E-state index contributed by atoms with van der Waals surface area (Å²) in [6.07, 6.45) is 7.33. The van der Waals surface area contributed by atoms with Crippen LogP contribution in [0.2, 0.25) is 0 Å². The summed E-state index contributed by atoms with van der Waals surface area (Å²) in [6, 6.07) is 0. The van der Waals surface area contributed by atoms with Crippen LogP contribution in [-0.2, 0) is 28.9 Å². The fraction of sp³-hybridized carbons (Fsp3) is 0.500. The highest BCUT2D eigenvalue weighted by atomic mass is 16.5. The van der Waals surface area contributed by atoms with E-state index >= 15 is 0 Å². The van der Waals surface area contributed by atoms with Gasteiger partial charge in [0.05, 0.1) is 12.3 Å². The number of hydrogen-bond acceptors (Lipinski definition) is 4. The molecule has 0 aromatic carbocycles. The van der Waals surface area contributed by atoms with E-state index in [1.807, 2.05) is 0 Å². The van der Waals surface area contributed by atoms with Crippen LogP contribution in [0.1, 0.15) is 31.0 Å². The molecule has 2 heterocycles. The molecule has 0 aliphatic heterocycles. The molecule has 20 heavy (non-hydrogen) atoms. The highest BCUT2D eigenvalue weighted by Gasteiger charge is 2.20.